The van der Waals surface area contributed by atoms with Crippen molar-refractivity contribution in [3.05, 3.63) is 65.7 Å². The SMILES string of the molecule is Cc1ccc(-c2nn3c(c2C)NC(=O)C[C@H]3C(=O)Nc2ccccc2)cc1. The number of fused-ring (bicyclic) bond motifs is 1. The summed E-state index contributed by atoms with van der Waals surface area (Å²) < 4.78 is 1.63. The van der Waals surface area contributed by atoms with Crippen LogP contribution in [0.3, 0.4) is 0 Å². The zero-order valence-electron chi connectivity index (χ0n) is 15.2. The molecule has 1 aliphatic heterocycles. The number of benzene rings is 2. The van der Waals surface area contributed by atoms with Gasteiger partial charge in [0.05, 0.1) is 12.1 Å². The summed E-state index contributed by atoms with van der Waals surface area (Å²) in [5, 5.41) is 10.4. The van der Waals surface area contributed by atoms with Gasteiger partial charge in [0, 0.05) is 16.8 Å². The number of nitrogens with zero attached hydrogens (tertiary/aromatic N) is 2. The van der Waals surface area contributed by atoms with Gasteiger partial charge in [-0.3, -0.25) is 9.59 Å². The topological polar surface area (TPSA) is 76.0 Å². The van der Waals surface area contributed by atoms with E-state index in [4.69, 9.17) is 0 Å². The Hall–Kier alpha value is -3.41. The van der Waals surface area contributed by atoms with Crippen LogP contribution in [-0.2, 0) is 9.59 Å². The highest BCUT2D eigenvalue weighted by Crippen LogP contribution is 2.34. The number of carbonyl (C=O) groups is 2. The zero-order valence-corrected chi connectivity index (χ0v) is 15.2. The first-order valence-electron chi connectivity index (χ1n) is 8.85. The number of nitrogens with one attached hydrogen (secondary N) is 2. The van der Waals surface area contributed by atoms with E-state index >= 15 is 0 Å². The zero-order chi connectivity index (χ0) is 19.0. The van der Waals surface area contributed by atoms with E-state index in [0.29, 0.717) is 11.5 Å². The van der Waals surface area contributed by atoms with Crippen LogP contribution in [0.25, 0.3) is 11.3 Å². The van der Waals surface area contributed by atoms with E-state index in [-0.39, 0.29) is 18.2 Å². The van der Waals surface area contributed by atoms with Crippen molar-refractivity contribution in [1.29, 1.82) is 0 Å². The predicted octanol–water partition coefficient (Wildman–Crippen LogP) is 3.69. The van der Waals surface area contributed by atoms with Crippen LogP contribution in [0.1, 0.15) is 23.6 Å². The summed E-state index contributed by atoms with van der Waals surface area (Å²) in [4.78, 5) is 25.0. The highest BCUT2D eigenvalue weighted by molar-refractivity contribution is 6.02. The molecule has 1 atom stereocenters. The summed E-state index contributed by atoms with van der Waals surface area (Å²) in [6, 6.07) is 16.6. The van der Waals surface area contributed by atoms with Gasteiger partial charge < -0.3 is 10.6 Å². The molecule has 0 fully saturated rings. The lowest BCUT2D eigenvalue weighted by atomic mass is 10.1. The van der Waals surface area contributed by atoms with E-state index in [1.165, 1.54) is 0 Å². The molecule has 0 radical (unpaired) electrons. The van der Waals surface area contributed by atoms with Crippen molar-refractivity contribution in [2.24, 2.45) is 0 Å². The van der Waals surface area contributed by atoms with E-state index in [0.717, 1.165) is 22.4 Å². The van der Waals surface area contributed by atoms with Crippen LogP contribution in [0.2, 0.25) is 0 Å². The summed E-state index contributed by atoms with van der Waals surface area (Å²) in [5.41, 5.74) is 4.43. The Balaban J connectivity index is 1.71. The van der Waals surface area contributed by atoms with Gasteiger partial charge in [0.1, 0.15) is 11.9 Å². The maximum absolute atomic E-state index is 12.8. The smallest absolute Gasteiger partial charge is 0.249 e. The number of aryl methyl sites for hydroxylation is 1. The number of carbonyl (C=O) groups excluding carboxylic acids is 2. The third-order valence-corrected chi connectivity index (χ3v) is 4.75. The molecule has 6 heteroatoms. The monoisotopic (exact) mass is 360 g/mol. The second-order valence-corrected chi connectivity index (χ2v) is 6.76. The number of anilines is 2. The second kappa shape index (κ2) is 6.72. The molecule has 0 saturated heterocycles. The molecule has 4 rings (SSSR count). The van der Waals surface area contributed by atoms with Crippen LogP contribution in [0, 0.1) is 13.8 Å². The van der Waals surface area contributed by atoms with Crippen LogP contribution in [0.4, 0.5) is 11.5 Å². The standard InChI is InChI=1S/C21H20N4O2/c1-13-8-10-15(11-9-13)19-14(2)20-23-18(26)12-17(25(20)24-19)21(27)22-16-6-4-3-5-7-16/h3-11,17H,12H2,1-2H3,(H,22,27)(H,23,26)/t17-/m0/s1. The number of aromatic nitrogens is 2. The molecule has 2 amide bonds. The molecule has 0 unspecified atom stereocenters. The van der Waals surface area contributed by atoms with E-state index in [1.807, 2.05) is 68.4 Å². The minimum atomic E-state index is -0.688. The molecule has 0 saturated carbocycles. The number of hydrogen-bond acceptors (Lipinski definition) is 3. The third-order valence-electron chi connectivity index (χ3n) is 4.75. The molecule has 1 aromatic heterocycles. The normalized spacial score (nSPS) is 15.8. The molecule has 136 valence electrons. The Morgan fingerprint density at radius 3 is 2.52 bits per heavy atom. The lowest BCUT2D eigenvalue weighted by Crippen LogP contribution is -2.35. The molecule has 2 aromatic carbocycles. The van der Waals surface area contributed by atoms with Crippen molar-refractivity contribution in [3.63, 3.8) is 0 Å². The highest BCUT2D eigenvalue weighted by atomic mass is 16.2. The van der Waals surface area contributed by atoms with Crippen LogP contribution < -0.4 is 10.6 Å². The van der Waals surface area contributed by atoms with Gasteiger partial charge in [-0.2, -0.15) is 5.10 Å². The number of amides is 2. The number of para-hydroxylation sites is 1. The fraction of sp³-hybridized carbons (Fsp3) is 0.190. The molecule has 6 nitrogen and oxygen atoms in total. The maximum atomic E-state index is 12.8. The third kappa shape index (κ3) is 3.21. The minimum Gasteiger partial charge on any atom is -0.324 e. The summed E-state index contributed by atoms with van der Waals surface area (Å²) in [6.45, 7) is 3.94. The Morgan fingerprint density at radius 2 is 1.81 bits per heavy atom. The fourth-order valence-electron chi connectivity index (χ4n) is 3.27. The second-order valence-electron chi connectivity index (χ2n) is 6.76. The van der Waals surface area contributed by atoms with Crippen LogP contribution >= 0.6 is 0 Å². The molecule has 0 bridgehead atoms. The van der Waals surface area contributed by atoms with E-state index in [9.17, 15) is 9.59 Å². The van der Waals surface area contributed by atoms with Gasteiger partial charge in [0.2, 0.25) is 11.8 Å². The first kappa shape index (κ1) is 17.0. The van der Waals surface area contributed by atoms with Gasteiger partial charge in [-0.05, 0) is 26.0 Å². The van der Waals surface area contributed by atoms with Gasteiger partial charge in [0.15, 0.2) is 0 Å². The largest absolute Gasteiger partial charge is 0.324 e. The Bertz CT molecular complexity index is 1010. The van der Waals surface area contributed by atoms with Crippen molar-refractivity contribution in [3.8, 4) is 11.3 Å². The van der Waals surface area contributed by atoms with E-state index < -0.39 is 6.04 Å². The number of rotatable bonds is 3. The lowest BCUT2D eigenvalue weighted by Gasteiger charge is -2.24. The van der Waals surface area contributed by atoms with Gasteiger partial charge in [-0.15, -0.1) is 0 Å². The van der Waals surface area contributed by atoms with Crippen molar-refractivity contribution >= 4 is 23.3 Å². The predicted molar refractivity (Wildman–Crippen MR) is 104 cm³/mol. The van der Waals surface area contributed by atoms with E-state index in [1.54, 1.807) is 4.68 Å². The minimum absolute atomic E-state index is 0.0557. The van der Waals surface area contributed by atoms with Crippen molar-refractivity contribution in [1.82, 2.24) is 9.78 Å². The van der Waals surface area contributed by atoms with Crippen LogP contribution in [0.15, 0.2) is 54.6 Å². The van der Waals surface area contributed by atoms with Gasteiger partial charge in [-0.25, -0.2) is 4.68 Å². The van der Waals surface area contributed by atoms with Crippen molar-refractivity contribution in [2.75, 3.05) is 10.6 Å². The number of hydrogen-bond donors (Lipinski definition) is 2. The fourth-order valence-corrected chi connectivity index (χ4v) is 3.27. The molecular formula is C21H20N4O2. The first-order valence-corrected chi connectivity index (χ1v) is 8.85. The molecule has 27 heavy (non-hydrogen) atoms. The molecule has 3 aromatic rings. The van der Waals surface area contributed by atoms with Crippen LogP contribution in [-0.4, -0.2) is 21.6 Å². The Kier molecular flexibility index (Phi) is 4.24. The van der Waals surface area contributed by atoms with Crippen molar-refractivity contribution < 1.29 is 9.59 Å². The molecule has 2 N–H and O–H groups in total. The van der Waals surface area contributed by atoms with Crippen molar-refractivity contribution in [2.45, 2.75) is 26.3 Å². The maximum Gasteiger partial charge on any atom is 0.249 e. The quantitative estimate of drug-likeness (QED) is 0.748. The highest BCUT2D eigenvalue weighted by Gasteiger charge is 2.34. The molecular weight excluding hydrogens is 340 g/mol. The lowest BCUT2D eigenvalue weighted by molar-refractivity contribution is -0.125. The Morgan fingerprint density at radius 1 is 1.11 bits per heavy atom. The molecule has 0 spiro atoms. The molecule has 2 heterocycles. The molecule has 0 aliphatic carbocycles. The van der Waals surface area contributed by atoms with Crippen LogP contribution in [0.5, 0.6) is 0 Å². The summed E-state index contributed by atoms with van der Waals surface area (Å²) in [7, 11) is 0. The average molecular weight is 360 g/mol. The van der Waals surface area contributed by atoms with Gasteiger partial charge in [0.25, 0.3) is 0 Å². The van der Waals surface area contributed by atoms with E-state index in [2.05, 4.69) is 15.7 Å². The molecule has 1 aliphatic rings. The first-order chi connectivity index (χ1) is 13.0. The average Bonchev–Trinajstić information content (AvgIpc) is 2.99. The summed E-state index contributed by atoms with van der Waals surface area (Å²) in [5.74, 6) is 0.138. The van der Waals surface area contributed by atoms with Gasteiger partial charge >= 0.3 is 0 Å². The Labute approximate surface area is 157 Å². The summed E-state index contributed by atoms with van der Waals surface area (Å²) in [6.07, 6.45) is 0.0557. The van der Waals surface area contributed by atoms with Gasteiger partial charge in [-0.1, -0.05) is 48.0 Å². The summed E-state index contributed by atoms with van der Waals surface area (Å²) >= 11 is 0.